The number of carbonyl (C=O) groups is 1. The van der Waals surface area contributed by atoms with Gasteiger partial charge in [0.05, 0.1) is 6.61 Å². The van der Waals surface area contributed by atoms with E-state index in [0.717, 1.165) is 6.07 Å². The molecule has 0 aliphatic carbocycles. The second-order valence-electron chi connectivity index (χ2n) is 4.32. The molecule has 0 bridgehead atoms. The van der Waals surface area contributed by atoms with Crippen LogP contribution in [0.2, 0.25) is 0 Å². The average molecular weight is 306 g/mol. The zero-order chi connectivity index (χ0) is 14.0. The Bertz CT molecular complexity index is 554. The van der Waals surface area contributed by atoms with Crippen LogP contribution in [-0.2, 0) is 10.3 Å². The quantitative estimate of drug-likeness (QED) is 0.869. The summed E-state index contributed by atoms with van der Waals surface area (Å²) in [5.74, 6) is -1.35. The first kappa shape index (κ1) is 16.3. The van der Waals surface area contributed by atoms with Gasteiger partial charge in [-0.3, -0.25) is 9.79 Å². The van der Waals surface area contributed by atoms with Gasteiger partial charge >= 0.3 is 0 Å². The van der Waals surface area contributed by atoms with Crippen molar-refractivity contribution < 1.29 is 18.3 Å². The van der Waals surface area contributed by atoms with Crippen LogP contribution in [0.3, 0.4) is 0 Å². The molecule has 1 atom stereocenters. The second kappa shape index (κ2) is 6.15. The van der Waals surface area contributed by atoms with E-state index in [1.54, 1.807) is 0 Å². The highest BCUT2D eigenvalue weighted by Crippen LogP contribution is 2.32. The van der Waals surface area contributed by atoms with Gasteiger partial charge in [-0.15, -0.1) is 12.4 Å². The van der Waals surface area contributed by atoms with E-state index in [2.05, 4.69) is 4.99 Å². The van der Waals surface area contributed by atoms with E-state index in [1.165, 1.54) is 12.1 Å². The maximum Gasteiger partial charge on any atom is 0.248 e. The zero-order valence-corrected chi connectivity index (χ0v) is 11.3. The molecule has 1 aromatic carbocycles. The van der Waals surface area contributed by atoms with Crippen LogP contribution >= 0.6 is 12.4 Å². The number of amides is 1. The van der Waals surface area contributed by atoms with E-state index in [0.29, 0.717) is 0 Å². The van der Waals surface area contributed by atoms with Crippen molar-refractivity contribution in [3.63, 3.8) is 0 Å². The first-order valence-electron chi connectivity index (χ1n) is 5.56. The minimum absolute atomic E-state index is 0. The molecule has 1 aliphatic rings. The highest BCUT2D eigenvalue weighted by atomic mass is 35.5. The van der Waals surface area contributed by atoms with Crippen molar-refractivity contribution >= 4 is 24.1 Å². The van der Waals surface area contributed by atoms with E-state index in [-0.39, 0.29) is 42.6 Å². The summed E-state index contributed by atoms with van der Waals surface area (Å²) in [6.07, 6.45) is 0. The molecule has 1 aliphatic heterocycles. The number of halogens is 3. The van der Waals surface area contributed by atoms with Crippen molar-refractivity contribution in [3.05, 3.63) is 35.1 Å². The highest BCUT2D eigenvalue weighted by molar-refractivity contribution is 5.93. The van der Waals surface area contributed by atoms with E-state index >= 15 is 0 Å². The zero-order valence-electron chi connectivity index (χ0n) is 10.4. The van der Waals surface area contributed by atoms with Crippen molar-refractivity contribution in [3.8, 4) is 0 Å². The maximum atomic E-state index is 13.9. The van der Waals surface area contributed by atoms with Crippen LogP contribution in [0.4, 0.5) is 8.78 Å². The number of carbonyl (C=O) groups excluding carboxylic acids is 1. The molecule has 1 amide bonds. The molecule has 0 saturated heterocycles. The van der Waals surface area contributed by atoms with Gasteiger partial charge < -0.3 is 16.2 Å². The van der Waals surface area contributed by atoms with Gasteiger partial charge in [0.15, 0.2) is 0 Å². The Kier molecular flexibility index (Phi) is 5.02. The van der Waals surface area contributed by atoms with Crippen LogP contribution < -0.4 is 11.5 Å². The molecule has 5 nitrogen and oxygen atoms in total. The number of nitrogens with two attached hydrogens (primary N) is 2. The van der Waals surface area contributed by atoms with Gasteiger partial charge in [0.1, 0.15) is 30.5 Å². The summed E-state index contributed by atoms with van der Waals surface area (Å²) in [5.41, 5.74) is 9.07. The SMILES string of the molecule is Cl.NC(=O)c1ccc(F)c([C@@]2(CF)COCC(N)=N2)c1. The Morgan fingerprint density at radius 1 is 1.50 bits per heavy atom. The van der Waals surface area contributed by atoms with Gasteiger partial charge in [-0.05, 0) is 18.2 Å². The fourth-order valence-electron chi connectivity index (χ4n) is 1.98. The van der Waals surface area contributed by atoms with Gasteiger partial charge in [0.2, 0.25) is 5.91 Å². The van der Waals surface area contributed by atoms with E-state index in [9.17, 15) is 13.6 Å². The number of primary amides is 1. The van der Waals surface area contributed by atoms with Crippen LogP contribution in [0.1, 0.15) is 15.9 Å². The summed E-state index contributed by atoms with van der Waals surface area (Å²) >= 11 is 0. The molecule has 2 rings (SSSR count). The van der Waals surface area contributed by atoms with Crippen LogP contribution in [0.5, 0.6) is 0 Å². The minimum atomic E-state index is -1.56. The van der Waals surface area contributed by atoms with Gasteiger partial charge in [0, 0.05) is 11.1 Å². The molecule has 0 unspecified atom stereocenters. The molecule has 20 heavy (non-hydrogen) atoms. The molecule has 0 spiro atoms. The van der Waals surface area contributed by atoms with Crippen molar-refractivity contribution in [1.29, 1.82) is 0 Å². The lowest BCUT2D eigenvalue weighted by Gasteiger charge is -2.31. The predicted octanol–water partition coefficient (Wildman–Crippen LogP) is 0.899. The predicted molar refractivity (Wildman–Crippen MR) is 72.3 cm³/mol. The summed E-state index contributed by atoms with van der Waals surface area (Å²) in [6, 6.07) is 3.46. The molecule has 4 N–H and O–H groups in total. The number of hydrogen-bond donors (Lipinski definition) is 2. The molecule has 0 saturated carbocycles. The van der Waals surface area contributed by atoms with E-state index in [4.69, 9.17) is 16.2 Å². The maximum absolute atomic E-state index is 13.9. The third-order valence-electron chi connectivity index (χ3n) is 2.92. The number of rotatable bonds is 3. The molecule has 1 aromatic rings. The third-order valence-corrected chi connectivity index (χ3v) is 2.92. The molecule has 0 radical (unpaired) electrons. The molecule has 0 fully saturated rings. The van der Waals surface area contributed by atoms with Crippen molar-refractivity contribution in [2.24, 2.45) is 16.5 Å². The van der Waals surface area contributed by atoms with Crippen LogP contribution in [0.15, 0.2) is 23.2 Å². The average Bonchev–Trinajstić information content (AvgIpc) is 2.38. The molecular formula is C12H14ClF2N3O2. The number of alkyl halides is 1. The molecule has 0 aromatic heterocycles. The largest absolute Gasteiger partial charge is 0.385 e. The highest BCUT2D eigenvalue weighted by Gasteiger charge is 2.38. The second-order valence-corrected chi connectivity index (χ2v) is 4.32. The molecule has 1 heterocycles. The summed E-state index contributed by atoms with van der Waals surface area (Å²) in [7, 11) is 0. The monoisotopic (exact) mass is 305 g/mol. The lowest BCUT2D eigenvalue weighted by atomic mass is 9.90. The number of hydrogen-bond acceptors (Lipinski definition) is 4. The van der Waals surface area contributed by atoms with Crippen molar-refractivity contribution in [2.45, 2.75) is 5.54 Å². The Morgan fingerprint density at radius 3 is 2.75 bits per heavy atom. The summed E-state index contributed by atoms with van der Waals surface area (Å²) in [5, 5.41) is 0. The summed E-state index contributed by atoms with van der Waals surface area (Å²) in [6.45, 7) is -1.07. The number of amidine groups is 1. The molecule has 8 heteroatoms. The fourth-order valence-corrected chi connectivity index (χ4v) is 1.98. The Morgan fingerprint density at radius 2 is 2.20 bits per heavy atom. The third kappa shape index (κ3) is 2.88. The minimum Gasteiger partial charge on any atom is -0.385 e. The van der Waals surface area contributed by atoms with Crippen molar-refractivity contribution in [2.75, 3.05) is 19.9 Å². The van der Waals surface area contributed by atoms with Gasteiger partial charge in [-0.25, -0.2) is 8.78 Å². The molecular weight excluding hydrogens is 292 g/mol. The standard InChI is InChI=1S/C12H13F2N3O2.ClH/c13-5-12(6-19-4-10(15)17-12)8-3-7(11(16)18)1-2-9(8)14;/h1-3H,4-6H2,(H2,15,17)(H2,16,18);1H/t12-;/m1./s1. The lowest BCUT2D eigenvalue weighted by molar-refractivity contribution is 0.0807. The Balaban J connectivity index is 0.00000200. The van der Waals surface area contributed by atoms with Crippen molar-refractivity contribution in [1.82, 2.24) is 0 Å². The first-order chi connectivity index (χ1) is 8.98. The lowest BCUT2D eigenvalue weighted by Crippen LogP contribution is -2.42. The van der Waals surface area contributed by atoms with Crippen LogP contribution in [0, 0.1) is 5.82 Å². The number of ether oxygens (including phenoxy) is 1. The molecule has 110 valence electrons. The fraction of sp³-hybridized carbons (Fsp3) is 0.333. The smallest absolute Gasteiger partial charge is 0.248 e. The Hall–Kier alpha value is -1.73. The first-order valence-corrected chi connectivity index (χ1v) is 5.56. The van der Waals surface area contributed by atoms with Gasteiger partial charge in [0.25, 0.3) is 0 Å². The van der Waals surface area contributed by atoms with Crippen LogP contribution in [0.25, 0.3) is 0 Å². The number of nitrogens with zero attached hydrogens (tertiary/aromatic N) is 1. The number of aliphatic imine (C=N–C) groups is 1. The van der Waals surface area contributed by atoms with Gasteiger partial charge in [-0.1, -0.05) is 0 Å². The summed E-state index contributed by atoms with van der Waals surface area (Å²) in [4.78, 5) is 15.1. The van der Waals surface area contributed by atoms with Crippen LogP contribution in [-0.4, -0.2) is 31.6 Å². The van der Waals surface area contributed by atoms with E-state index in [1.807, 2.05) is 0 Å². The number of benzene rings is 1. The topological polar surface area (TPSA) is 90.7 Å². The summed E-state index contributed by atoms with van der Waals surface area (Å²) < 4.78 is 32.4. The van der Waals surface area contributed by atoms with Gasteiger partial charge in [-0.2, -0.15) is 0 Å². The normalized spacial score (nSPS) is 21.8. The Labute approximate surface area is 120 Å². The van der Waals surface area contributed by atoms with E-state index < -0.39 is 23.9 Å².